The van der Waals surface area contributed by atoms with E-state index in [1.54, 1.807) is 0 Å². The van der Waals surface area contributed by atoms with Gasteiger partial charge in [-0.25, -0.2) is 0 Å². The van der Waals surface area contributed by atoms with Crippen LogP contribution in [0.4, 0.5) is 0 Å². The van der Waals surface area contributed by atoms with E-state index in [2.05, 4.69) is 27.7 Å². The molecule has 60 heavy (non-hydrogen) atoms. The van der Waals surface area contributed by atoms with Gasteiger partial charge in [-0.2, -0.15) is 0 Å². The first-order valence-corrected chi connectivity index (χ1v) is 26.9. The number of hydrogen-bond donors (Lipinski definition) is 0. The van der Waals surface area contributed by atoms with Crippen LogP contribution in [0.1, 0.15) is 304 Å². The SMILES string of the molecule is CCCCCCCCCCCCCCCCCCCC(=O)OC[C@H](COC(=O)CCCCCCCCCCCCC(C)CC)OC(=O)CCCCCCCCCCCCC. The standard InChI is InChI=1S/C54H104O6/c1-5-8-10-12-14-16-18-19-20-21-22-23-25-29-33-37-41-45-52(55)58-48-51(60-54(57)47-43-39-35-31-24-17-15-13-11-9-6-2)49-59-53(56)46-42-38-34-30-27-26-28-32-36-40-44-50(4)7-3/h50-51H,5-49H2,1-4H3/t50?,51-/m1/s1. The summed E-state index contributed by atoms with van der Waals surface area (Å²) in [5, 5.41) is 0. The molecule has 6 nitrogen and oxygen atoms in total. The number of carbonyl (C=O) groups excluding carboxylic acids is 3. The fourth-order valence-corrected chi connectivity index (χ4v) is 8.19. The normalized spacial score (nSPS) is 12.4. The highest BCUT2D eigenvalue weighted by Crippen LogP contribution is 2.18. The van der Waals surface area contributed by atoms with Crippen LogP contribution in [0.5, 0.6) is 0 Å². The Balaban J connectivity index is 4.27. The molecule has 0 N–H and O–H groups in total. The number of esters is 3. The Morgan fingerprint density at radius 2 is 0.583 bits per heavy atom. The van der Waals surface area contributed by atoms with Gasteiger partial charge in [0.1, 0.15) is 13.2 Å². The first-order chi connectivity index (χ1) is 29.4. The van der Waals surface area contributed by atoms with Crippen molar-refractivity contribution in [2.24, 2.45) is 5.92 Å². The Morgan fingerprint density at radius 1 is 0.333 bits per heavy atom. The Bertz CT molecular complexity index is 905. The maximum atomic E-state index is 12.8. The molecule has 0 saturated carbocycles. The van der Waals surface area contributed by atoms with E-state index in [9.17, 15) is 14.4 Å². The summed E-state index contributed by atoms with van der Waals surface area (Å²) in [7, 11) is 0. The zero-order chi connectivity index (χ0) is 43.8. The molecule has 0 aromatic carbocycles. The smallest absolute Gasteiger partial charge is 0.306 e. The highest BCUT2D eigenvalue weighted by Gasteiger charge is 2.19. The molecule has 0 fully saturated rings. The Morgan fingerprint density at radius 3 is 0.867 bits per heavy atom. The van der Waals surface area contributed by atoms with Crippen molar-refractivity contribution in [3.63, 3.8) is 0 Å². The van der Waals surface area contributed by atoms with E-state index in [0.717, 1.165) is 63.7 Å². The van der Waals surface area contributed by atoms with E-state index in [1.807, 2.05) is 0 Å². The van der Waals surface area contributed by atoms with E-state index in [0.29, 0.717) is 19.3 Å². The maximum Gasteiger partial charge on any atom is 0.306 e. The second kappa shape index (κ2) is 48.4. The van der Waals surface area contributed by atoms with Gasteiger partial charge in [0.2, 0.25) is 0 Å². The zero-order valence-corrected chi connectivity index (χ0v) is 40.9. The summed E-state index contributed by atoms with van der Waals surface area (Å²) in [6, 6.07) is 0. The Kier molecular flexibility index (Phi) is 47.2. The molecule has 6 heteroatoms. The molecule has 0 aliphatic rings. The van der Waals surface area contributed by atoms with Gasteiger partial charge >= 0.3 is 17.9 Å². The molecular weight excluding hydrogens is 745 g/mol. The van der Waals surface area contributed by atoms with Gasteiger partial charge in [0.05, 0.1) is 0 Å². The van der Waals surface area contributed by atoms with Crippen molar-refractivity contribution in [2.45, 2.75) is 310 Å². The zero-order valence-electron chi connectivity index (χ0n) is 40.9. The summed E-state index contributed by atoms with van der Waals surface area (Å²) >= 11 is 0. The molecule has 0 aliphatic heterocycles. The molecule has 2 atom stereocenters. The molecule has 0 heterocycles. The van der Waals surface area contributed by atoms with Crippen LogP contribution < -0.4 is 0 Å². The Hall–Kier alpha value is -1.59. The predicted octanol–water partition coefficient (Wildman–Crippen LogP) is 17.5. The quantitative estimate of drug-likeness (QED) is 0.0345. The van der Waals surface area contributed by atoms with Gasteiger partial charge in [0, 0.05) is 19.3 Å². The van der Waals surface area contributed by atoms with Gasteiger partial charge in [-0.15, -0.1) is 0 Å². The predicted molar refractivity (Wildman–Crippen MR) is 257 cm³/mol. The highest BCUT2D eigenvalue weighted by atomic mass is 16.6. The Labute approximate surface area is 374 Å². The molecule has 0 rings (SSSR count). The lowest BCUT2D eigenvalue weighted by Gasteiger charge is -2.18. The third-order valence-electron chi connectivity index (χ3n) is 12.7. The molecular formula is C54H104O6. The van der Waals surface area contributed by atoms with Crippen LogP contribution in [0.25, 0.3) is 0 Å². The minimum atomic E-state index is -0.760. The molecule has 0 bridgehead atoms. The van der Waals surface area contributed by atoms with Crippen molar-refractivity contribution in [3.8, 4) is 0 Å². The number of rotatable bonds is 49. The molecule has 1 unspecified atom stereocenters. The van der Waals surface area contributed by atoms with Crippen LogP contribution in [0.2, 0.25) is 0 Å². The second-order valence-electron chi connectivity index (χ2n) is 18.8. The van der Waals surface area contributed by atoms with Crippen molar-refractivity contribution in [2.75, 3.05) is 13.2 Å². The highest BCUT2D eigenvalue weighted by molar-refractivity contribution is 5.71. The molecule has 0 aromatic heterocycles. The van der Waals surface area contributed by atoms with Crippen LogP contribution in [0, 0.1) is 5.92 Å². The van der Waals surface area contributed by atoms with Gasteiger partial charge in [0.25, 0.3) is 0 Å². The van der Waals surface area contributed by atoms with Crippen LogP contribution in [-0.4, -0.2) is 37.2 Å². The molecule has 0 aromatic rings. The first-order valence-electron chi connectivity index (χ1n) is 26.9. The summed E-state index contributed by atoms with van der Waals surface area (Å²) in [5.74, 6) is 0.0270. The third-order valence-corrected chi connectivity index (χ3v) is 12.7. The molecule has 356 valence electrons. The molecule has 0 aliphatic carbocycles. The number of unbranched alkanes of at least 4 members (excludes halogenated alkanes) is 35. The number of ether oxygens (including phenoxy) is 3. The van der Waals surface area contributed by atoms with Gasteiger partial charge in [-0.1, -0.05) is 265 Å². The fourth-order valence-electron chi connectivity index (χ4n) is 8.19. The van der Waals surface area contributed by atoms with E-state index >= 15 is 0 Å². The lowest BCUT2D eigenvalue weighted by Crippen LogP contribution is -2.30. The minimum absolute atomic E-state index is 0.0626. The average molecular weight is 849 g/mol. The van der Waals surface area contributed by atoms with E-state index < -0.39 is 6.10 Å². The lowest BCUT2D eigenvalue weighted by molar-refractivity contribution is -0.167. The molecule has 0 spiro atoms. The van der Waals surface area contributed by atoms with Crippen molar-refractivity contribution < 1.29 is 28.6 Å². The van der Waals surface area contributed by atoms with Crippen molar-refractivity contribution in [1.82, 2.24) is 0 Å². The second-order valence-corrected chi connectivity index (χ2v) is 18.8. The van der Waals surface area contributed by atoms with Gasteiger partial charge in [-0.3, -0.25) is 14.4 Å². The van der Waals surface area contributed by atoms with Crippen molar-refractivity contribution in [1.29, 1.82) is 0 Å². The van der Waals surface area contributed by atoms with Gasteiger partial charge < -0.3 is 14.2 Å². The lowest BCUT2D eigenvalue weighted by atomic mass is 9.99. The van der Waals surface area contributed by atoms with Gasteiger partial charge in [0.15, 0.2) is 6.10 Å². The third kappa shape index (κ3) is 45.9. The summed E-state index contributed by atoms with van der Waals surface area (Å²) in [6.45, 7) is 9.05. The largest absolute Gasteiger partial charge is 0.462 e. The van der Waals surface area contributed by atoms with Crippen molar-refractivity contribution >= 4 is 17.9 Å². The summed E-state index contributed by atoms with van der Waals surface area (Å²) in [4.78, 5) is 38.0. The molecule has 0 saturated heterocycles. The van der Waals surface area contributed by atoms with E-state index in [1.165, 1.54) is 199 Å². The minimum Gasteiger partial charge on any atom is -0.462 e. The van der Waals surface area contributed by atoms with Crippen molar-refractivity contribution in [3.05, 3.63) is 0 Å². The average Bonchev–Trinajstić information content (AvgIpc) is 3.25. The van der Waals surface area contributed by atoms with Crippen LogP contribution in [0.3, 0.4) is 0 Å². The molecule has 0 amide bonds. The topological polar surface area (TPSA) is 78.9 Å². The number of hydrogen-bond acceptors (Lipinski definition) is 6. The molecule has 0 radical (unpaired) electrons. The summed E-state index contributed by atoms with van der Waals surface area (Å²) in [5.41, 5.74) is 0. The van der Waals surface area contributed by atoms with Gasteiger partial charge in [-0.05, 0) is 25.2 Å². The van der Waals surface area contributed by atoms with E-state index in [-0.39, 0.29) is 31.1 Å². The summed E-state index contributed by atoms with van der Waals surface area (Å²) in [6.07, 6.45) is 50.8. The summed E-state index contributed by atoms with van der Waals surface area (Å²) < 4.78 is 16.8. The number of carbonyl (C=O) groups is 3. The maximum absolute atomic E-state index is 12.8. The fraction of sp³-hybridized carbons (Fsp3) is 0.944. The van der Waals surface area contributed by atoms with Crippen LogP contribution >= 0.6 is 0 Å². The van der Waals surface area contributed by atoms with E-state index in [4.69, 9.17) is 14.2 Å². The van der Waals surface area contributed by atoms with Crippen LogP contribution in [0.15, 0.2) is 0 Å². The van der Waals surface area contributed by atoms with Crippen LogP contribution in [-0.2, 0) is 28.6 Å². The first kappa shape index (κ1) is 58.4. The monoisotopic (exact) mass is 849 g/mol.